The van der Waals surface area contributed by atoms with Crippen molar-refractivity contribution in [2.75, 3.05) is 0 Å². The van der Waals surface area contributed by atoms with Gasteiger partial charge in [-0.3, -0.25) is 4.98 Å². The van der Waals surface area contributed by atoms with Gasteiger partial charge in [0.15, 0.2) is 0 Å². The first kappa shape index (κ1) is 10.9. The van der Waals surface area contributed by atoms with Gasteiger partial charge in [0.05, 0.1) is 11.2 Å². The Balaban J connectivity index is 2.26. The van der Waals surface area contributed by atoms with Gasteiger partial charge >= 0.3 is 0 Å². The fourth-order valence-electron chi connectivity index (χ4n) is 1.23. The number of nitrogens with two attached hydrogens (primary N) is 1. The molecule has 0 saturated heterocycles. The van der Waals surface area contributed by atoms with Crippen LogP contribution in [-0.4, -0.2) is 9.97 Å². The molecule has 5 heteroatoms. The van der Waals surface area contributed by atoms with Crippen LogP contribution >= 0.6 is 11.6 Å². The van der Waals surface area contributed by atoms with E-state index in [0.29, 0.717) is 23.2 Å². The Morgan fingerprint density at radius 3 is 3.00 bits per heavy atom. The van der Waals surface area contributed by atoms with Gasteiger partial charge in [0.1, 0.15) is 5.75 Å². The summed E-state index contributed by atoms with van der Waals surface area (Å²) in [5, 5.41) is 0.516. The van der Waals surface area contributed by atoms with Crippen molar-refractivity contribution < 1.29 is 4.74 Å². The van der Waals surface area contributed by atoms with Crippen molar-refractivity contribution in [2.24, 2.45) is 5.73 Å². The molecule has 0 amide bonds. The molecular weight excluding hydrogens is 226 g/mol. The molecule has 0 saturated carbocycles. The number of aromatic nitrogens is 2. The molecule has 0 atom stereocenters. The highest BCUT2D eigenvalue weighted by atomic mass is 35.5. The molecule has 2 heterocycles. The Morgan fingerprint density at radius 1 is 1.38 bits per heavy atom. The molecule has 2 N–H and O–H groups in total. The third-order valence-corrected chi connectivity index (χ3v) is 2.17. The first-order chi connectivity index (χ1) is 7.79. The summed E-state index contributed by atoms with van der Waals surface area (Å²) in [4.78, 5) is 8.02. The molecule has 0 spiro atoms. The van der Waals surface area contributed by atoms with Gasteiger partial charge in [0, 0.05) is 30.6 Å². The molecule has 2 aromatic rings. The average molecular weight is 236 g/mol. The maximum atomic E-state index is 5.80. The molecule has 4 nitrogen and oxygen atoms in total. The van der Waals surface area contributed by atoms with E-state index >= 15 is 0 Å². The van der Waals surface area contributed by atoms with Crippen molar-refractivity contribution in [1.82, 2.24) is 9.97 Å². The van der Waals surface area contributed by atoms with Gasteiger partial charge < -0.3 is 10.5 Å². The highest BCUT2D eigenvalue weighted by Crippen LogP contribution is 2.23. The minimum absolute atomic E-state index is 0.372. The smallest absolute Gasteiger partial charge is 0.223 e. The molecule has 82 valence electrons. The molecule has 0 unspecified atom stereocenters. The number of pyridine rings is 2. The van der Waals surface area contributed by atoms with Crippen LogP contribution in [0.5, 0.6) is 11.6 Å². The lowest BCUT2D eigenvalue weighted by Gasteiger charge is -2.07. The summed E-state index contributed by atoms with van der Waals surface area (Å²) < 4.78 is 5.54. The van der Waals surface area contributed by atoms with Gasteiger partial charge in [-0.15, -0.1) is 0 Å². The predicted molar refractivity (Wildman–Crippen MR) is 61.4 cm³/mol. The van der Waals surface area contributed by atoms with Crippen LogP contribution < -0.4 is 10.5 Å². The Morgan fingerprint density at radius 2 is 2.25 bits per heavy atom. The molecule has 0 aliphatic carbocycles. The number of halogens is 1. The fourth-order valence-corrected chi connectivity index (χ4v) is 1.40. The number of hydrogen-bond donors (Lipinski definition) is 1. The van der Waals surface area contributed by atoms with Gasteiger partial charge in [0.25, 0.3) is 0 Å². The quantitative estimate of drug-likeness (QED) is 0.887. The second-order valence-electron chi connectivity index (χ2n) is 3.11. The molecule has 2 aromatic heterocycles. The first-order valence-corrected chi connectivity index (χ1v) is 5.10. The Bertz CT molecular complexity index is 490. The van der Waals surface area contributed by atoms with Crippen molar-refractivity contribution in [1.29, 1.82) is 0 Å². The summed E-state index contributed by atoms with van der Waals surface area (Å²) in [7, 11) is 0. The van der Waals surface area contributed by atoms with Crippen LogP contribution in [0.3, 0.4) is 0 Å². The van der Waals surface area contributed by atoms with Crippen molar-refractivity contribution in [3.8, 4) is 11.6 Å². The van der Waals surface area contributed by atoms with Crippen molar-refractivity contribution >= 4 is 11.6 Å². The molecular formula is C11H10ClN3O. The Kier molecular flexibility index (Phi) is 3.34. The third-order valence-electron chi connectivity index (χ3n) is 1.96. The fraction of sp³-hybridized carbons (Fsp3) is 0.0909. The van der Waals surface area contributed by atoms with Gasteiger partial charge in [0.2, 0.25) is 5.88 Å². The SMILES string of the molecule is NCc1cccnc1Oc1cncc(Cl)c1. The molecule has 2 rings (SSSR count). The standard InChI is InChI=1S/C11H10ClN3O/c12-9-4-10(7-14-6-9)16-11-8(5-13)2-1-3-15-11/h1-4,6-7H,5,13H2. The second-order valence-corrected chi connectivity index (χ2v) is 3.55. The average Bonchev–Trinajstić information content (AvgIpc) is 2.30. The maximum Gasteiger partial charge on any atom is 0.223 e. The molecule has 0 aliphatic heterocycles. The van der Waals surface area contributed by atoms with E-state index in [9.17, 15) is 0 Å². The second kappa shape index (κ2) is 4.92. The van der Waals surface area contributed by atoms with E-state index in [0.717, 1.165) is 5.56 Å². The van der Waals surface area contributed by atoms with Crippen LogP contribution in [0.1, 0.15) is 5.56 Å². The number of ether oxygens (including phenoxy) is 1. The summed E-state index contributed by atoms with van der Waals surface area (Å²) in [6.07, 6.45) is 4.75. The lowest BCUT2D eigenvalue weighted by Crippen LogP contribution is -2.00. The molecule has 0 radical (unpaired) electrons. The van der Waals surface area contributed by atoms with E-state index in [1.807, 2.05) is 12.1 Å². The van der Waals surface area contributed by atoms with E-state index in [1.54, 1.807) is 18.5 Å². The summed E-state index contributed by atoms with van der Waals surface area (Å²) in [5.74, 6) is 1.02. The minimum Gasteiger partial charge on any atom is -0.437 e. The lowest BCUT2D eigenvalue weighted by molar-refractivity contribution is 0.454. The zero-order valence-corrected chi connectivity index (χ0v) is 9.19. The van der Waals surface area contributed by atoms with Crippen LogP contribution in [0.4, 0.5) is 0 Å². The predicted octanol–water partition coefficient (Wildman–Crippen LogP) is 2.38. The molecule has 16 heavy (non-hydrogen) atoms. The summed E-state index contributed by atoms with van der Waals surface area (Å²) in [6, 6.07) is 5.34. The first-order valence-electron chi connectivity index (χ1n) is 4.72. The van der Waals surface area contributed by atoms with E-state index in [-0.39, 0.29) is 0 Å². The summed E-state index contributed by atoms with van der Waals surface area (Å²) >= 11 is 5.80. The van der Waals surface area contributed by atoms with Gasteiger partial charge in [-0.1, -0.05) is 17.7 Å². The molecule has 0 aliphatic rings. The largest absolute Gasteiger partial charge is 0.437 e. The summed E-state index contributed by atoms with van der Waals surface area (Å²) in [5.41, 5.74) is 6.41. The van der Waals surface area contributed by atoms with Crippen LogP contribution in [0.2, 0.25) is 5.02 Å². The minimum atomic E-state index is 0.372. The zero-order valence-electron chi connectivity index (χ0n) is 8.43. The molecule has 0 fully saturated rings. The van der Waals surface area contributed by atoms with Crippen molar-refractivity contribution in [3.63, 3.8) is 0 Å². The van der Waals surface area contributed by atoms with E-state index in [1.165, 1.54) is 6.20 Å². The number of hydrogen-bond acceptors (Lipinski definition) is 4. The van der Waals surface area contributed by atoms with Crippen molar-refractivity contribution in [2.45, 2.75) is 6.54 Å². The van der Waals surface area contributed by atoms with Gasteiger partial charge in [-0.05, 0) is 6.07 Å². The Hall–Kier alpha value is -1.65. The molecule has 0 bridgehead atoms. The third kappa shape index (κ3) is 2.48. The maximum absolute atomic E-state index is 5.80. The number of nitrogens with zero attached hydrogens (tertiary/aromatic N) is 2. The van der Waals surface area contributed by atoms with Crippen LogP contribution in [-0.2, 0) is 6.54 Å². The Labute approximate surface area is 98.0 Å². The topological polar surface area (TPSA) is 61.0 Å². The molecule has 0 aromatic carbocycles. The number of rotatable bonds is 3. The van der Waals surface area contributed by atoms with Crippen molar-refractivity contribution in [3.05, 3.63) is 47.4 Å². The van der Waals surface area contributed by atoms with E-state index in [4.69, 9.17) is 22.1 Å². The highest BCUT2D eigenvalue weighted by molar-refractivity contribution is 6.30. The highest BCUT2D eigenvalue weighted by Gasteiger charge is 2.04. The zero-order chi connectivity index (χ0) is 11.4. The van der Waals surface area contributed by atoms with Gasteiger partial charge in [-0.25, -0.2) is 4.98 Å². The normalized spacial score (nSPS) is 10.1. The van der Waals surface area contributed by atoms with Crippen LogP contribution in [0.15, 0.2) is 36.8 Å². The van der Waals surface area contributed by atoms with E-state index in [2.05, 4.69) is 9.97 Å². The van der Waals surface area contributed by atoms with Gasteiger partial charge in [-0.2, -0.15) is 0 Å². The van der Waals surface area contributed by atoms with E-state index < -0.39 is 0 Å². The summed E-state index contributed by atoms with van der Waals surface area (Å²) in [6.45, 7) is 0.372. The lowest BCUT2D eigenvalue weighted by atomic mass is 10.3. The monoisotopic (exact) mass is 235 g/mol. The van der Waals surface area contributed by atoms with Crippen LogP contribution in [0, 0.1) is 0 Å². The van der Waals surface area contributed by atoms with Crippen LogP contribution in [0.25, 0.3) is 0 Å².